The fraction of sp³-hybridized carbons (Fsp3) is 0.793. The van der Waals surface area contributed by atoms with Gasteiger partial charge in [-0.2, -0.15) is 0 Å². The molecule has 0 heterocycles. The Morgan fingerprint density at radius 2 is 1.26 bits per heavy atom. The van der Waals surface area contributed by atoms with Crippen LogP contribution in [0.25, 0.3) is 0 Å². The molecule has 0 aliphatic heterocycles. The molecule has 0 unspecified atom stereocenters. The Kier molecular flexibility index (Phi) is 11.9. The van der Waals surface area contributed by atoms with Gasteiger partial charge in [-0.1, -0.05) is 85.7 Å². The minimum atomic E-state index is -2.05. The molecule has 0 fully saturated rings. The Hall–Kier alpha value is -0.506. The summed E-state index contributed by atoms with van der Waals surface area (Å²) in [6.07, 6.45) is 0.280. The van der Waals surface area contributed by atoms with Crippen molar-refractivity contribution in [3.63, 3.8) is 0 Å². The number of hydrogen-bond acceptors (Lipinski definition) is 4. The van der Waals surface area contributed by atoms with E-state index in [2.05, 4.69) is 93.7 Å². The summed E-state index contributed by atoms with van der Waals surface area (Å²) in [7, 11) is -4.07. The van der Waals surface area contributed by atoms with Gasteiger partial charge in [0.05, 0.1) is 24.9 Å². The molecule has 0 aliphatic carbocycles. The minimum absolute atomic E-state index is 0.00244. The van der Waals surface area contributed by atoms with Crippen LogP contribution in [0.2, 0.25) is 36.3 Å². The number of aliphatic hydroxyl groups is 1. The van der Waals surface area contributed by atoms with E-state index < -0.39 is 22.7 Å². The summed E-state index contributed by atoms with van der Waals surface area (Å²) in [6, 6.07) is 10.3. The van der Waals surface area contributed by atoms with Crippen LogP contribution < -0.4 is 0 Å². The molecule has 0 saturated heterocycles. The molecule has 1 N–H and O–H groups in total. The molecule has 204 valence electrons. The van der Waals surface area contributed by atoms with Gasteiger partial charge in [-0.15, -0.1) is 0 Å². The largest absolute Gasteiger partial charge is 0.413 e. The molecule has 0 bridgehead atoms. The van der Waals surface area contributed by atoms with Crippen molar-refractivity contribution < 1.29 is 18.7 Å². The molecule has 5 atom stereocenters. The highest BCUT2D eigenvalue weighted by molar-refractivity contribution is 6.74. The normalized spacial score (nSPS) is 18.1. The first-order valence-corrected chi connectivity index (χ1v) is 19.3. The fourth-order valence-electron chi connectivity index (χ4n) is 3.64. The Morgan fingerprint density at radius 1 is 0.771 bits per heavy atom. The van der Waals surface area contributed by atoms with E-state index in [0.29, 0.717) is 13.2 Å². The van der Waals surface area contributed by atoms with Crippen molar-refractivity contribution in [2.45, 2.75) is 130 Å². The van der Waals surface area contributed by atoms with Gasteiger partial charge in [-0.25, -0.2) is 0 Å². The average Bonchev–Trinajstić information content (AvgIpc) is 2.72. The van der Waals surface area contributed by atoms with E-state index in [9.17, 15) is 5.11 Å². The summed E-state index contributed by atoms with van der Waals surface area (Å²) in [5.41, 5.74) is 1.18. The van der Waals surface area contributed by atoms with Crippen LogP contribution in [0.3, 0.4) is 0 Å². The Labute approximate surface area is 219 Å². The molecule has 6 heteroatoms. The maximum absolute atomic E-state index is 10.6. The second-order valence-electron chi connectivity index (χ2n) is 13.5. The smallest absolute Gasteiger partial charge is 0.192 e. The lowest BCUT2D eigenvalue weighted by molar-refractivity contribution is -0.0374. The van der Waals surface area contributed by atoms with Gasteiger partial charge in [0.1, 0.15) is 0 Å². The van der Waals surface area contributed by atoms with Gasteiger partial charge in [0.15, 0.2) is 16.6 Å². The zero-order chi connectivity index (χ0) is 27.2. The highest BCUT2D eigenvalue weighted by Crippen LogP contribution is 2.42. The zero-order valence-corrected chi connectivity index (χ0v) is 27.1. The summed E-state index contributed by atoms with van der Waals surface area (Å²) >= 11 is 0. The number of ether oxygens (including phenoxy) is 1. The van der Waals surface area contributed by atoms with Gasteiger partial charge >= 0.3 is 0 Å². The molecule has 0 amide bonds. The van der Waals surface area contributed by atoms with Crippen molar-refractivity contribution in [1.82, 2.24) is 0 Å². The standard InChI is InChI=1S/C29H56O4Si2/c1-22(24(3)30)27(33-35(12,13)29(7,8)9)23(2)26(32-34(10,11)28(4,5)6)19-20-31-21-25-17-15-14-16-18-25/h14-18,22-24,26-27,30H,19-21H2,1-13H3/t22-,23-,24+,26+,27+/m1/s1. The van der Waals surface area contributed by atoms with Crippen molar-refractivity contribution in [1.29, 1.82) is 0 Å². The van der Waals surface area contributed by atoms with Crippen molar-refractivity contribution in [2.75, 3.05) is 6.61 Å². The topological polar surface area (TPSA) is 47.9 Å². The summed E-state index contributed by atoms with van der Waals surface area (Å²) < 4.78 is 20.2. The van der Waals surface area contributed by atoms with Gasteiger partial charge in [-0.05, 0) is 55.2 Å². The van der Waals surface area contributed by atoms with E-state index >= 15 is 0 Å². The van der Waals surface area contributed by atoms with Gasteiger partial charge in [0.2, 0.25) is 0 Å². The monoisotopic (exact) mass is 524 g/mol. The average molecular weight is 525 g/mol. The molecular formula is C29H56O4Si2. The van der Waals surface area contributed by atoms with E-state index in [-0.39, 0.29) is 34.1 Å². The number of aliphatic hydroxyl groups excluding tert-OH is 1. The third kappa shape index (κ3) is 9.71. The van der Waals surface area contributed by atoms with Crippen molar-refractivity contribution in [3.8, 4) is 0 Å². The lowest BCUT2D eigenvalue weighted by Crippen LogP contribution is -2.53. The highest BCUT2D eigenvalue weighted by atomic mass is 28.4. The Balaban J connectivity index is 3.17. The molecular weight excluding hydrogens is 468 g/mol. The molecule has 1 rings (SSSR count). The zero-order valence-electron chi connectivity index (χ0n) is 25.1. The third-order valence-corrected chi connectivity index (χ3v) is 17.5. The van der Waals surface area contributed by atoms with Crippen LogP contribution in [-0.4, -0.2) is 46.7 Å². The fourth-order valence-corrected chi connectivity index (χ4v) is 6.55. The van der Waals surface area contributed by atoms with E-state index in [1.807, 2.05) is 25.1 Å². The maximum Gasteiger partial charge on any atom is 0.192 e. The second kappa shape index (κ2) is 12.8. The predicted octanol–water partition coefficient (Wildman–Crippen LogP) is 8.03. The first-order chi connectivity index (χ1) is 15.8. The molecule has 0 aromatic heterocycles. The maximum atomic E-state index is 10.6. The molecule has 4 nitrogen and oxygen atoms in total. The predicted molar refractivity (Wildman–Crippen MR) is 155 cm³/mol. The summed E-state index contributed by atoms with van der Waals surface area (Å²) in [5.74, 6) is 0.137. The first-order valence-electron chi connectivity index (χ1n) is 13.5. The minimum Gasteiger partial charge on any atom is -0.413 e. The van der Waals surface area contributed by atoms with Crippen molar-refractivity contribution >= 4 is 16.6 Å². The van der Waals surface area contributed by atoms with Gasteiger partial charge in [0.25, 0.3) is 0 Å². The lowest BCUT2D eigenvalue weighted by atomic mass is 9.86. The van der Waals surface area contributed by atoms with Crippen molar-refractivity contribution in [2.24, 2.45) is 11.8 Å². The lowest BCUT2D eigenvalue weighted by Gasteiger charge is -2.47. The van der Waals surface area contributed by atoms with Crippen LogP contribution >= 0.6 is 0 Å². The van der Waals surface area contributed by atoms with Crippen LogP contribution in [0.4, 0.5) is 0 Å². The van der Waals surface area contributed by atoms with Crippen LogP contribution in [-0.2, 0) is 20.2 Å². The molecule has 0 aliphatic rings. The number of hydrogen-bond donors (Lipinski definition) is 1. The van der Waals surface area contributed by atoms with Crippen LogP contribution in [0.15, 0.2) is 30.3 Å². The van der Waals surface area contributed by atoms with Gasteiger partial charge in [-0.3, -0.25) is 0 Å². The molecule has 0 spiro atoms. The first kappa shape index (κ1) is 32.5. The van der Waals surface area contributed by atoms with Crippen LogP contribution in [0.1, 0.15) is 74.3 Å². The third-order valence-electron chi connectivity index (χ3n) is 8.53. The van der Waals surface area contributed by atoms with E-state index in [4.69, 9.17) is 13.6 Å². The van der Waals surface area contributed by atoms with Gasteiger partial charge in [0, 0.05) is 18.4 Å². The quantitative estimate of drug-likeness (QED) is 0.210. The number of benzene rings is 1. The SMILES string of the molecule is C[C@@H]([C@H](O[Si](C)(C)C(C)(C)C)[C@H](C)[C@H](CCOCc1ccccc1)O[Si](C)(C)C(C)(C)C)[C@H](C)O. The summed E-state index contributed by atoms with van der Waals surface area (Å²) in [5, 5.41) is 10.8. The van der Waals surface area contributed by atoms with Crippen LogP contribution in [0, 0.1) is 11.8 Å². The number of rotatable bonds is 13. The Morgan fingerprint density at radius 3 is 1.71 bits per heavy atom. The Bertz CT molecular complexity index is 735. The van der Waals surface area contributed by atoms with E-state index in [1.165, 1.54) is 5.56 Å². The molecule has 0 saturated carbocycles. The molecule has 35 heavy (non-hydrogen) atoms. The van der Waals surface area contributed by atoms with Crippen LogP contribution in [0.5, 0.6) is 0 Å². The highest BCUT2D eigenvalue weighted by Gasteiger charge is 2.46. The van der Waals surface area contributed by atoms with Gasteiger partial charge < -0.3 is 18.7 Å². The summed E-state index contributed by atoms with van der Waals surface area (Å²) in [4.78, 5) is 0. The molecule has 1 aromatic rings. The molecule has 1 aromatic carbocycles. The van der Waals surface area contributed by atoms with E-state index in [0.717, 1.165) is 6.42 Å². The van der Waals surface area contributed by atoms with E-state index in [1.54, 1.807) is 0 Å². The molecule has 0 radical (unpaired) electrons. The van der Waals surface area contributed by atoms with Crippen molar-refractivity contribution in [3.05, 3.63) is 35.9 Å². The summed E-state index contributed by atoms with van der Waals surface area (Å²) in [6.45, 7) is 30.4. The second-order valence-corrected chi connectivity index (χ2v) is 23.1.